The molecule has 2 heterocycles. The molecule has 0 spiro atoms. The van der Waals surface area contributed by atoms with Crippen molar-refractivity contribution in [3.8, 4) is 11.5 Å². The zero-order valence-corrected chi connectivity index (χ0v) is 16.2. The van der Waals surface area contributed by atoms with Gasteiger partial charge in [0.05, 0.1) is 18.0 Å². The molecule has 1 aliphatic heterocycles. The maximum Gasteiger partial charge on any atom is 0.387 e. The number of halogens is 2. The first kappa shape index (κ1) is 19.8. The second-order valence-electron chi connectivity index (χ2n) is 6.87. The molecule has 1 N–H and O–H groups in total. The second kappa shape index (κ2) is 8.10. The molecule has 0 radical (unpaired) electrons. The zero-order valence-electron chi connectivity index (χ0n) is 16.2. The van der Waals surface area contributed by atoms with E-state index in [0.717, 1.165) is 18.7 Å². The highest BCUT2D eigenvalue weighted by molar-refractivity contribution is 5.97. The van der Waals surface area contributed by atoms with E-state index in [9.17, 15) is 18.4 Å². The molecule has 1 aromatic heterocycles. The van der Waals surface area contributed by atoms with E-state index in [1.165, 1.54) is 19.2 Å². The van der Waals surface area contributed by atoms with Crippen LogP contribution in [-0.4, -0.2) is 29.2 Å². The molecule has 1 aliphatic rings. The van der Waals surface area contributed by atoms with Gasteiger partial charge in [-0.2, -0.15) is 8.78 Å². The zero-order chi connectivity index (χ0) is 21.3. The summed E-state index contributed by atoms with van der Waals surface area (Å²) >= 11 is 0. The summed E-state index contributed by atoms with van der Waals surface area (Å²) in [6.45, 7) is -2.13. The summed E-state index contributed by atoms with van der Waals surface area (Å²) in [4.78, 5) is 29.6. The number of aryl methyl sites for hydroxylation is 1. The maximum atomic E-state index is 12.6. The average Bonchev–Trinajstić information content (AvgIpc) is 3.21. The number of hydrogen-bond acceptors (Lipinski definition) is 5. The minimum absolute atomic E-state index is 0.0815. The maximum absolute atomic E-state index is 12.6. The van der Waals surface area contributed by atoms with Gasteiger partial charge in [-0.05, 0) is 42.3 Å². The van der Waals surface area contributed by atoms with E-state index in [-0.39, 0.29) is 29.5 Å². The molecule has 0 atom stereocenters. The number of ether oxygens (including phenoxy) is 2. The van der Waals surface area contributed by atoms with Crippen LogP contribution in [0.25, 0.3) is 10.9 Å². The Morgan fingerprint density at radius 2 is 2.07 bits per heavy atom. The predicted octanol–water partition coefficient (Wildman–Crippen LogP) is 2.88. The lowest BCUT2D eigenvalue weighted by Crippen LogP contribution is -2.24. The number of fused-ring (bicyclic) bond motifs is 2. The van der Waals surface area contributed by atoms with Gasteiger partial charge in [-0.25, -0.2) is 4.98 Å². The van der Waals surface area contributed by atoms with Gasteiger partial charge >= 0.3 is 6.61 Å². The highest BCUT2D eigenvalue weighted by atomic mass is 19.3. The Morgan fingerprint density at radius 3 is 2.83 bits per heavy atom. The van der Waals surface area contributed by atoms with Gasteiger partial charge in [0, 0.05) is 25.1 Å². The first-order chi connectivity index (χ1) is 14.5. The van der Waals surface area contributed by atoms with Crippen LogP contribution in [0, 0.1) is 0 Å². The molecule has 7 nitrogen and oxygen atoms in total. The minimum Gasteiger partial charge on any atom is -0.493 e. The Kier molecular flexibility index (Phi) is 5.35. The van der Waals surface area contributed by atoms with Gasteiger partial charge < -0.3 is 14.8 Å². The van der Waals surface area contributed by atoms with Gasteiger partial charge in [0.2, 0.25) is 0 Å². The number of rotatable bonds is 6. The van der Waals surface area contributed by atoms with Crippen LogP contribution < -0.4 is 20.3 Å². The quantitative estimate of drug-likeness (QED) is 0.670. The number of carbonyl (C=O) groups excluding carboxylic acids is 1. The summed E-state index contributed by atoms with van der Waals surface area (Å²) in [5.74, 6) is 0.461. The van der Waals surface area contributed by atoms with Crippen molar-refractivity contribution in [2.45, 2.75) is 32.5 Å². The Morgan fingerprint density at radius 1 is 1.23 bits per heavy atom. The Labute approximate surface area is 170 Å². The molecular formula is C21H19F2N3O4. The largest absolute Gasteiger partial charge is 0.493 e. The Balaban J connectivity index is 1.51. The van der Waals surface area contributed by atoms with Crippen LogP contribution in [-0.2, 0) is 19.5 Å². The third-order valence-corrected chi connectivity index (χ3v) is 4.98. The summed E-state index contributed by atoms with van der Waals surface area (Å²) in [5.41, 5.74) is 1.44. The van der Waals surface area contributed by atoms with E-state index >= 15 is 0 Å². The molecule has 0 saturated carbocycles. The van der Waals surface area contributed by atoms with Crippen molar-refractivity contribution in [2.24, 2.45) is 0 Å². The monoisotopic (exact) mass is 415 g/mol. The van der Waals surface area contributed by atoms with Gasteiger partial charge in [0.25, 0.3) is 11.5 Å². The molecule has 0 fully saturated rings. The first-order valence-corrected chi connectivity index (χ1v) is 9.39. The van der Waals surface area contributed by atoms with Crippen LogP contribution >= 0.6 is 0 Å². The third kappa shape index (κ3) is 3.83. The van der Waals surface area contributed by atoms with E-state index in [4.69, 9.17) is 4.74 Å². The highest BCUT2D eigenvalue weighted by Gasteiger charge is 2.17. The molecule has 3 aromatic rings. The van der Waals surface area contributed by atoms with Crippen LogP contribution in [0.5, 0.6) is 11.5 Å². The number of carbonyl (C=O) groups is 1. The van der Waals surface area contributed by atoms with Crippen molar-refractivity contribution in [2.75, 3.05) is 7.11 Å². The summed E-state index contributed by atoms with van der Waals surface area (Å²) in [6.07, 6.45) is 1.63. The lowest BCUT2D eigenvalue weighted by molar-refractivity contribution is -0.0512. The molecule has 0 bridgehead atoms. The van der Waals surface area contributed by atoms with Gasteiger partial charge in [0.1, 0.15) is 5.82 Å². The van der Waals surface area contributed by atoms with E-state index in [2.05, 4.69) is 15.0 Å². The van der Waals surface area contributed by atoms with Crippen molar-refractivity contribution >= 4 is 16.8 Å². The number of nitrogens with zero attached hydrogens (tertiary/aromatic N) is 2. The summed E-state index contributed by atoms with van der Waals surface area (Å²) in [6, 6.07) is 9.25. The third-order valence-electron chi connectivity index (χ3n) is 4.98. The number of alkyl halides is 2. The standard InChI is InChI=1S/C21H19F2N3O4/c1-29-17-9-12(4-7-16(17)30-21(22)23)11-24-19(27)13-5-6-14-15(10-13)25-18-3-2-8-26(18)20(14)28/h4-7,9-10,21H,2-3,8,11H2,1H3,(H,24,27). The van der Waals surface area contributed by atoms with Crippen LogP contribution in [0.3, 0.4) is 0 Å². The fraction of sp³-hybridized carbons (Fsp3) is 0.286. The molecule has 9 heteroatoms. The number of nitrogens with one attached hydrogen (secondary N) is 1. The molecule has 0 aliphatic carbocycles. The molecular weight excluding hydrogens is 396 g/mol. The van der Waals surface area contributed by atoms with Crippen LogP contribution in [0.15, 0.2) is 41.2 Å². The number of methoxy groups -OCH3 is 1. The molecule has 0 unspecified atom stereocenters. The van der Waals surface area contributed by atoms with Crippen molar-refractivity contribution in [1.82, 2.24) is 14.9 Å². The Bertz CT molecular complexity index is 1180. The molecule has 4 rings (SSSR count). The van der Waals surface area contributed by atoms with Crippen molar-refractivity contribution in [3.63, 3.8) is 0 Å². The van der Waals surface area contributed by atoms with E-state index < -0.39 is 6.61 Å². The van der Waals surface area contributed by atoms with Crippen molar-refractivity contribution < 1.29 is 23.0 Å². The molecule has 156 valence electrons. The van der Waals surface area contributed by atoms with Crippen molar-refractivity contribution in [3.05, 3.63) is 63.7 Å². The fourth-order valence-electron chi connectivity index (χ4n) is 3.52. The van der Waals surface area contributed by atoms with E-state index in [1.54, 1.807) is 28.8 Å². The van der Waals surface area contributed by atoms with Gasteiger partial charge in [-0.3, -0.25) is 14.2 Å². The molecule has 1 amide bonds. The molecule has 30 heavy (non-hydrogen) atoms. The number of amides is 1. The van der Waals surface area contributed by atoms with Crippen LogP contribution in [0.4, 0.5) is 8.78 Å². The summed E-state index contributed by atoms with van der Waals surface area (Å²) in [7, 11) is 1.34. The van der Waals surface area contributed by atoms with E-state index in [0.29, 0.717) is 28.6 Å². The topological polar surface area (TPSA) is 82.5 Å². The lowest BCUT2D eigenvalue weighted by Gasteiger charge is -2.12. The Hall–Kier alpha value is -3.49. The molecule has 0 saturated heterocycles. The smallest absolute Gasteiger partial charge is 0.387 e. The summed E-state index contributed by atoms with van der Waals surface area (Å²) in [5, 5.41) is 3.25. The first-order valence-electron chi connectivity index (χ1n) is 9.39. The lowest BCUT2D eigenvalue weighted by atomic mass is 10.1. The molecule has 2 aromatic carbocycles. The fourth-order valence-corrected chi connectivity index (χ4v) is 3.52. The van der Waals surface area contributed by atoms with Gasteiger partial charge in [0.15, 0.2) is 11.5 Å². The van der Waals surface area contributed by atoms with Crippen LogP contribution in [0.2, 0.25) is 0 Å². The van der Waals surface area contributed by atoms with Crippen molar-refractivity contribution in [1.29, 1.82) is 0 Å². The normalized spacial score (nSPS) is 12.8. The summed E-state index contributed by atoms with van der Waals surface area (Å²) < 4.78 is 36.0. The van der Waals surface area contributed by atoms with E-state index in [1.807, 2.05) is 0 Å². The second-order valence-corrected chi connectivity index (χ2v) is 6.87. The van der Waals surface area contributed by atoms with Gasteiger partial charge in [-0.1, -0.05) is 6.07 Å². The van der Waals surface area contributed by atoms with Gasteiger partial charge in [-0.15, -0.1) is 0 Å². The number of aromatic nitrogens is 2. The number of benzene rings is 2. The highest BCUT2D eigenvalue weighted by Crippen LogP contribution is 2.29. The SMILES string of the molecule is COc1cc(CNC(=O)c2ccc3c(=O)n4c(nc3c2)CCC4)ccc1OC(F)F. The number of hydrogen-bond donors (Lipinski definition) is 1. The van der Waals surface area contributed by atoms with Crippen LogP contribution in [0.1, 0.15) is 28.2 Å². The minimum atomic E-state index is -2.96. The average molecular weight is 415 g/mol. The predicted molar refractivity (Wildman–Crippen MR) is 105 cm³/mol.